The molecule has 3 rings (SSSR count). The number of nitrogens with one attached hydrogen (secondary N) is 1. The van der Waals surface area contributed by atoms with Crippen LogP contribution < -0.4 is 5.32 Å². The van der Waals surface area contributed by atoms with Crippen molar-refractivity contribution in [1.29, 1.82) is 0 Å². The van der Waals surface area contributed by atoms with Gasteiger partial charge in [-0.2, -0.15) is 4.31 Å². The monoisotopic (exact) mass is 465 g/mol. The summed E-state index contributed by atoms with van der Waals surface area (Å²) in [6.07, 6.45) is 0. The van der Waals surface area contributed by atoms with E-state index in [9.17, 15) is 13.2 Å². The molecule has 1 aliphatic rings. The van der Waals surface area contributed by atoms with Gasteiger partial charge in [0.2, 0.25) is 15.9 Å². The molecule has 0 aliphatic carbocycles. The summed E-state index contributed by atoms with van der Waals surface area (Å²) < 4.78 is 28.3. The first-order chi connectivity index (χ1) is 13.3. The van der Waals surface area contributed by atoms with Crippen molar-refractivity contribution in [2.75, 3.05) is 38.0 Å². The Kier molecular flexibility index (Phi) is 6.42. The average Bonchev–Trinajstić information content (AvgIpc) is 2.67. The number of aryl methyl sites for hydroxylation is 2. The molecule has 0 saturated carbocycles. The summed E-state index contributed by atoms with van der Waals surface area (Å²) in [5.74, 6) is -0.0357. The van der Waals surface area contributed by atoms with Gasteiger partial charge in [0.05, 0.1) is 11.4 Å². The second-order valence-electron chi connectivity index (χ2n) is 6.91. The first-order valence-corrected chi connectivity index (χ1v) is 11.4. The van der Waals surface area contributed by atoms with E-state index in [4.69, 9.17) is 0 Å². The van der Waals surface area contributed by atoms with Gasteiger partial charge < -0.3 is 10.2 Å². The van der Waals surface area contributed by atoms with Crippen LogP contribution in [0, 0.1) is 13.8 Å². The Labute approximate surface area is 174 Å². The zero-order valence-electron chi connectivity index (χ0n) is 16.0. The molecule has 2 aromatic rings. The smallest absolute Gasteiger partial charge is 0.243 e. The maximum Gasteiger partial charge on any atom is 0.243 e. The number of benzene rings is 2. The van der Waals surface area contributed by atoms with Crippen LogP contribution in [0.2, 0.25) is 0 Å². The number of nitrogens with zero attached hydrogens (tertiary/aromatic N) is 2. The van der Waals surface area contributed by atoms with Crippen molar-refractivity contribution in [2.24, 2.45) is 0 Å². The van der Waals surface area contributed by atoms with Crippen LogP contribution >= 0.6 is 15.9 Å². The van der Waals surface area contributed by atoms with Crippen LogP contribution in [0.1, 0.15) is 11.1 Å². The first kappa shape index (κ1) is 20.8. The van der Waals surface area contributed by atoms with E-state index in [0.29, 0.717) is 31.1 Å². The van der Waals surface area contributed by atoms with E-state index in [1.165, 1.54) is 4.31 Å². The summed E-state index contributed by atoms with van der Waals surface area (Å²) in [4.78, 5) is 14.5. The van der Waals surface area contributed by atoms with Crippen molar-refractivity contribution in [1.82, 2.24) is 9.21 Å². The number of carbonyl (C=O) groups is 1. The van der Waals surface area contributed by atoms with Crippen LogP contribution in [0.3, 0.4) is 0 Å². The molecule has 0 unspecified atom stereocenters. The second kappa shape index (κ2) is 8.63. The van der Waals surface area contributed by atoms with Crippen LogP contribution in [-0.4, -0.2) is 56.3 Å². The van der Waals surface area contributed by atoms with Gasteiger partial charge in [-0.25, -0.2) is 8.42 Å². The number of carbonyl (C=O) groups excluding carboxylic acids is 1. The largest absolute Gasteiger partial charge is 0.376 e. The lowest BCUT2D eigenvalue weighted by atomic mass is 10.2. The SMILES string of the molecule is Cc1ccc(S(=O)(=O)N2CCN(C(=O)CNc3ccc(Br)cc3)CC2)c(C)c1. The molecule has 150 valence electrons. The van der Waals surface area contributed by atoms with Crippen LogP contribution in [-0.2, 0) is 14.8 Å². The van der Waals surface area contributed by atoms with E-state index in [1.54, 1.807) is 11.0 Å². The number of piperazine rings is 1. The molecular formula is C20H24BrN3O3S. The summed E-state index contributed by atoms with van der Waals surface area (Å²) in [6, 6.07) is 13.0. The highest BCUT2D eigenvalue weighted by Crippen LogP contribution is 2.22. The Balaban J connectivity index is 1.57. The second-order valence-corrected chi connectivity index (χ2v) is 9.74. The van der Waals surface area contributed by atoms with E-state index in [1.807, 2.05) is 50.2 Å². The molecule has 1 heterocycles. The van der Waals surface area contributed by atoms with Crippen LogP contribution in [0.25, 0.3) is 0 Å². The third-order valence-corrected chi connectivity index (χ3v) is 7.42. The number of amides is 1. The van der Waals surface area contributed by atoms with Gasteiger partial charge in [0.1, 0.15) is 0 Å². The van der Waals surface area contributed by atoms with Gasteiger partial charge in [-0.1, -0.05) is 33.6 Å². The lowest BCUT2D eigenvalue weighted by Gasteiger charge is -2.34. The maximum atomic E-state index is 12.9. The molecule has 1 aliphatic heterocycles. The molecule has 8 heteroatoms. The molecule has 0 atom stereocenters. The summed E-state index contributed by atoms with van der Waals surface area (Å²) in [7, 11) is -3.54. The predicted molar refractivity (Wildman–Crippen MR) is 114 cm³/mol. The fourth-order valence-electron chi connectivity index (χ4n) is 3.26. The van der Waals surface area contributed by atoms with Crippen molar-refractivity contribution < 1.29 is 13.2 Å². The van der Waals surface area contributed by atoms with Gasteiger partial charge >= 0.3 is 0 Å². The molecule has 1 N–H and O–H groups in total. The van der Waals surface area contributed by atoms with Crippen molar-refractivity contribution in [3.05, 3.63) is 58.1 Å². The minimum Gasteiger partial charge on any atom is -0.376 e. The molecule has 28 heavy (non-hydrogen) atoms. The van der Waals surface area contributed by atoms with Crippen LogP contribution in [0.5, 0.6) is 0 Å². The van der Waals surface area contributed by atoms with Gasteiger partial charge in [0.25, 0.3) is 0 Å². The normalized spacial score (nSPS) is 15.5. The molecule has 1 amide bonds. The molecule has 6 nitrogen and oxygen atoms in total. The zero-order chi connectivity index (χ0) is 20.3. The molecule has 2 aromatic carbocycles. The van der Waals surface area contributed by atoms with Gasteiger partial charge in [-0.15, -0.1) is 0 Å². The minimum atomic E-state index is -3.54. The van der Waals surface area contributed by atoms with E-state index in [0.717, 1.165) is 21.3 Å². The lowest BCUT2D eigenvalue weighted by Crippen LogP contribution is -2.51. The number of rotatable bonds is 5. The standard InChI is InChI=1S/C20H24BrN3O3S/c1-15-3-8-19(16(2)13-15)28(26,27)24-11-9-23(10-12-24)20(25)14-22-18-6-4-17(21)5-7-18/h3-8,13,22H,9-12,14H2,1-2H3. The van der Waals surface area contributed by atoms with E-state index >= 15 is 0 Å². The van der Waals surface area contributed by atoms with Crippen molar-refractivity contribution in [3.63, 3.8) is 0 Å². The Morgan fingerprint density at radius 3 is 2.29 bits per heavy atom. The highest BCUT2D eigenvalue weighted by Gasteiger charge is 2.30. The summed E-state index contributed by atoms with van der Waals surface area (Å²) in [6.45, 7) is 5.34. The van der Waals surface area contributed by atoms with E-state index in [-0.39, 0.29) is 12.5 Å². The molecule has 1 fully saturated rings. The third kappa shape index (κ3) is 4.74. The van der Waals surface area contributed by atoms with Crippen LogP contribution in [0.4, 0.5) is 5.69 Å². The predicted octanol–water partition coefficient (Wildman–Crippen LogP) is 3.01. The van der Waals surface area contributed by atoms with Crippen molar-refractivity contribution in [3.8, 4) is 0 Å². The van der Waals surface area contributed by atoms with Crippen LogP contribution in [0.15, 0.2) is 51.8 Å². The highest BCUT2D eigenvalue weighted by atomic mass is 79.9. The molecule has 0 spiro atoms. The minimum absolute atomic E-state index is 0.0357. The zero-order valence-corrected chi connectivity index (χ0v) is 18.4. The van der Waals surface area contributed by atoms with E-state index < -0.39 is 10.0 Å². The Morgan fingerprint density at radius 1 is 1.04 bits per heavy atom. The number of sulfonamides is 1. The Morgan fingerprint density at radius 2 is 1.68 bits per heavy atom. The van der Waals surface area contributed by atoms with Gasteiger partial charge in [-0.3, -0.25) is 4.79 Å². The Bertz CT molecular complexity index is 953. The summed E-state index contributed by atoms with van der Waals surface area (Å²) in [5, 5.41) is 3.11. The quantitative estimate of drug-likeness (QED) is 0.736. The van der Waals surface area contributed by atoms with E-state index in [2.05, 4.69) is 21.2 Å². The fraction of sp³-hybridized carbons (Fsp3) is 0.350. The molecule has 0 bridgehead atoms. The van der Waals surface area contributed by atoms with Crippen molar-refractivity contribution >= 4 is 37.5 Å². The van der Waals surface area contributed by atoms with Gasteiger partial charge in [-0.05, 0) is 49.7 Å². The first-order valence-electron chi connectivity index (χ1n) is 9.12. The van der Waals surface area contributed by atoms with Gasteiger partial charge in [0, 0.05) is 36.3 Å². The lowest BCUT2D eigenvalue weighted by molar-refractivity contribution is -0.130. The molecular weight excluding hydrogens is 442 g/mol. The Hall–Kier alpha value is -1.90. The summed E-state index contributed by atoms with van der Waals surface area (Å²) >= 11 is 3.38. The highest BCUT2D eigenvalue weighted by molar-refractivity contribution is 9.10. The molecule has 0 radical (unpaired) electrons. The topological polar surface area (TPSA) is 69.7 Å². The maximum absolute atomic E-state index is 12.9. The third-order valence-electron chi connectivity index (χ3n) is 4.83. The average molecular weight is 466 g/mol. The summed E-state index contributed by atoms with van der Waals surface area (Å²) in [5.41, 5.74) is 2.65. The fourth-order valence-corrected chi connectivity index (χ4v) is 5.16. The molecule has 0 aromatic heterocycles. The number of anilines is 1. The molecule has 1 saturated heterocycles. The number of hydrogen-bond acceptors (Lipinski definition) is 4. The van der Waals surface area contributed by atoms with Gasteiger partial charge in [0.15, 0.2) is 0 Å². The number of halogens is 1. The number of hydrogen-bond donors (Lipinski definition) is 1. The van der Waals surface area contributed by atoms with Crippen molar-refractivity contribution in [2.45, 2.75) is 18.7 Å².